The molecule has 0 bridgehead atoms. The fourth-order valence-electron chi connectivity index (χ4n) is 2.05. The van der Waals surface area contributed by atoms with Gasteiger partial charge in [0, 0.05) is 21.9 Å². The van der Waals surface area contributed by atoms with E-state index in [1.54, 1.807) is 36.5 Å². The first-order valence-corrected chi connectivity index (χ1v) is 8.11. The SMILES string of the molecule is O=C(Nc1cc(Cl)cc(Cl)c1)c1ccc(NCc2ccccn2)nn1. The Morgan fingerprint density at radius 3 is 2.44 bits per heavy atom. The molecule has 3 aromatic rings. The molecule has 8 heteroatoms. The van der Waals surface area contributed by atoms with Crippen LogP contribution < -0.4 is 10.6 Å². The summed E-state index contributed by atoms with van der Waals surface area (Å²) >= 11 is 11.8. The van der Waals surface area contributed by atoms with Crippen LogP contribution in [-0.4, -0.2) is 21.1 Å². The van der Waals surface area contributed by atoms with Gasteiger partial charge in [-0.3, -0.25) is 9.78 Å². The Balaban J connectivity index is 1.62. The summed E-state index contributed by atoms with van der Waals surface area (Å²) in [6.45, 7) is 0.516. The van der Waals surface area contributed by atoms with Crippen molar-refractivity contribution in [2.45, 2.75) is 6.54 Å². The maximum absolute atomic E-state index is 12.2. The first kappa shape index (κ1) is 17.1. The second kappa shape index (κ2) is 7.92. The highest BCUT2D eigenvalue weighted by molar-refractivity contribution is 6.35. The number of aromatic nitrogens is 3. The molecule has 6 nitrogen and oxygen atoms in total. The minimum atomic E-state index is -0.401. The molecule has 1 aromatic carbocycles. The van der Waals surface area contributed by atoms with E-state index in [1.807, 2.05) is 18.2 Å². The second-order valence-corrected chi connectivity index (χ2v) is 5.96. The number of rotatable bonds is 5. The largest absolute Gasteiger partial charge is 0.363 e. The van der Waals surface area contributed by atoms with Crippen LogP contribution in [0.2, 0.25) is 10.0 Å². The van der Waals surface area contributed by atoms with E-state index in [-0.39, 0.29) is 5.69 Å². The molecule has 1 amide bonds. The van der Waals surface area contributed by atoms with Crippen molar-refractivity contribution in [1.82, 2.24) is 15.2 Å². The highest BCUT2D eigenvalue weighted by Gasteiger charge is 2.10. The molecule has 3 rings (SSSR count). The Kier molecular flexibility index (Phi) is 5.42. The standard InChI is InChI=1S/C17H13Cl2N5O/c18-11-7-12(19)9-14(8-11)22-17(25)15-4-5-16(24-23-15)21-10-13-3-1-2-6-20-13/h1-9H,10H2,(H,21,24)(H,22,25). The van der Waals surface area contributed by atoms with E-state index < -0.39 is 5.91 Å². The van der Waals surface area contributed by atoms with Crippen LogP contribution in [0.15, 0.2) is 54.7 Å². The van der Waals surface area contributed by atoms with Crippen LogP contribution in [0.25, 0.3) is 0 Å². The monoisotopic (exact) mass is 373 g/mol. The molecule has 0 atom stereocenters. The van der Waals surface area contributed by atoms with Crippen LogP contribution in [0.1, 0.15) is 16.2 Å². The molecule has 0 unspecified atom stereocenters. The summed E-state index contributed by atoms with van der Waals surface area (Å²) in [6, 6.07) is 13.7. The zero-order valence-electron chi connectivity index (χ0n) is 12.9. The molecule has 2 aromatic heterocycles. The number of amides is 1. The van der Waals surface area contributed by atoms with E-state index in [9.17, 15) is 4.79 Å². The Morgan fingerprint density at radius 1 is 1.00 bits per heavy atom. The summed E-state index contributed by atoms with van der Waals surface area (Å²) in [5.41, 5.74) is 1.55. The van der Waals surface area contributed by atoms with Gasteiger partial charge in [-0.1, -0.05) is 29.3 Å². The van der Waals surface area contributed by atoms with Crippen LogP contribution in [0.5, 0.6) is 0 Å². The third kappa shape index (κ3) is 4.89. The van der Waals surface area contributed by atoms with Crippen molar-refractivity contribution in [1.29, 1.82) is 0 Å². The second-order valence-electron chi connectivity index (χ2n) is 5.09. The number of halogens is 2. The topological polar surface area (TPSA) is 79.8 Å². The van der Waals surface area contributed by atoms with Crippen molar-refractivity contribution in [2.75, 3.05) is 10.6 Å². The highest BCUT2D eigenvalue weighted by Crippen LogP contribution is 2.22. The lowest BCUT2D eigenvalue weighted by atomic mass is 10.3. The van der Waals surface area contributed by atoms with E-state index in [0.29, 0.717) is 28.1 Å². The summed E-state index contributed by atoms with van der Waals surface area (Å²) in [5.74, 6) is 0.148. The smallest absolute Gasteiger partial charge is 0.276 e. The molecule has 2 N–H and O–H groups in total. The Labute approximate surface area is 154 Å². The van der Waals surface area contributed by atoms with Crippen molar-refractivity contribution >= 4 is 40.6 Å². The first-order chi connectivity index (χ1) is 12.1. The van der Waals surface area contributed by atoms with Crippen molar-refractivity contribution in [3.05, 3.63) is 76.2 Å². The van der Waals surface area contributed by atoms with Gasteiger partial charge < -0.3 is 10.6 Å². The van der Waals surface area contributed by atoms with Gasteiger partial charge in [0.15, 0.2) is 5.69 Å². The van der Waals surface area contributed by atoms with Gasteiger partial charge in [0.05, 0.1) is 12.2 Å². The Bertz CT molecular complexity index is 852. The summed E-state index contributed by atoms with van der Waals surface area (Å²) in [6.07, 6.45) is 1.72. The van der Waals surface area contributed by atoms with Gasteiger partial charge in [0.1, 0.15) is 5.82 Å². The lowest BCUT2D eigenvalue weighted by Gasteiger charge is -2.07. The van der Waals surface area contributed by atoms with E-state index in [4.69, 9.17) is 23.2 Å². The fraction of sp³-hybridized carbons (Fsp3) is 0.0588. The van der Waals surface area contributed by atoms with Crippen molar-refractivity contribution in [2.24, 2.45) is 0 Å². The quantitative estimate of drug-likeness (QED) is 0.705. The van der Waals surface area contributed by atoms with Gasteiger partial charge in [0.25, 0.3) is 5.91 Å². The first-order valence-electron chi connectivity index (χ1n) is 7.35. The number of nitrogens with one attached hydrogen (secondary N) is 2. The average Bonchev–Trinajstić information content (AvgIpc) is 2.60. The molecular weight excluding hydrogens is 361 g/mol. The number of benzene rings is 1. The maximum Gasteiger partial charge on any atom is 0.276 e. The normalized spacial score (nSPS) is 10.3. The van der Waals surface area contributed by atoms with Crippen molar-refractivity contribution < 1.29 is 4.79 Å². The zero-order chi connectivity index (χ0) is 17.6. The third-order valence-corrected chi connectivity index (χ3v) is 3.63. The van der Waals surface area contributed by atoms with Crippen LogP contribution in [-0.2, 0) is 6.54 Å². The maximum atomic E-state index is 12.2. The minimum Gasteiger partial charge on any atom is -0.363 e. The Hall–Kier alpha value is -2.70. The summed E-state index contributed by atoms with van der Waals surface area (Å²) in [7, 11) is 0. The molecule has 0 aliphatic rings. The lowest BCUT2D eigenvalue weighted by Crippen LogP contribution is -2.15. The number of nitrogens with zero attached hydrogens (tertiary/aromatic N) is 3. The van der Waals surface area contributed by atoms with Crippen LogP contribution >= 0.6 is 23.2 Å². The molecule has 0 aliphatic carbocycles. The van der Waals surface area contributed by atoms with Gasteiger partial charge in [-0.15, -0.1) is 10.2 Å². The lowest BCUT2D eigenvalue weighted by molar-refractivity contribution is 0.102. The number of hydrogen-bond acceptors (Lipinski definition) is 5. The predicted molar refractivity (Wildman–Crippen MR) is 98.0 cm³/mol. The number of carbonyl (C=O) groups is 1. The van der Waals surface area contributed by atoms with Crippen LogP contribution in [0, 0.1) is 0 Å². The number of pyridine rings is 1. The molecule has 0 saturated heterocycles. The molecule has 126 valence electrons. The molecule has 0 spiro atoms. The molecule has 0 fully saturated rings. The van der Waals surface area contributed by atoms with Gasteiger partial charge >= 0.3 is 0 Å². The molecule has 0 saturated carbocycles. The van der Waals surface area contributed by atoms with E-state index in [0.717, 1.165) is 5.69 Å². The van der Waals surface area contributed by atoms with Crippen molar-refractivity contribution in [3.8, 4) is 0 Å². The van der Waals surface area contributed by atoms with E-state index in [1.165, 1.54) is 0 Å². The predicted octanol–water partition coefficient (Wildman–Crippen LogP) is 4.04. The molecule has 2 heterocycles. The van der Waals surface area contributed by atoms with Gasteiger partial charge in [0.2, 0.25) is 0 Å². The summed E-state index contributed by atoms with van der Waals surface area (Å²) in [5, 5.41) is 14.5. The molecule has 0 radical (unpaired) electrons. The zero-order valence-corrected chi connectivity index (χ0v) is 14.4. The van der Waals surface area contributed by atoms with Crippen molar-refractivity contribution in [3.63, 3.8) is 0 Å². The third-order valence-electron chi connectivity index (χ3n) is 3.19. The van der Waals surface area contributed by atoms with Gasteiger partial charge in [-0.05, 0) is 42.5 Å². The highest BCUT2D eigenvalue weighted by atomic mass is 35.5. The van der Waals surface area contributed by atoms with Gasteiger partial charge in [-0.25, -0.2) is 0 Å². The minimum absolute atomic E-state index is 0.180. The number of hydrogen-bond donors (Lipinski definition) is 2. The van der Waals surface area contributed by atoms with Crippen LogP contribution in [0.4, 0.5) is 11.5 Å². The van der Waals surface area contributed by atoms with Crippen LogP contribution in [0.3, 0.4) is 0 Å². The molecule has 0 aliphatic heterocycles. The molecular formula is C17H13Cl2N5O. The van der Waals surface area contributed by atoms with Gasteiger partial charge in [-0.2, -0.15) is 0 Å². The summed E-state index contributed by atoms with van der Waals surface area (Å²) < 4.78 is 0. The number of anilines is 2. The summed E-state index contributed by atoms with van der Waals surface area (Å²) in [4.78, 5) is 16.4. The number of carbonyl (C=O) groups excluding carboxylic acids is 1. The Morgan fingerprint density at radius 2 is 1.80 bits per heavy atom. The fourth-order valence-corrected chi connectivity index (χ4v) is 2.58. The van der Waals surface area contributed by atoms with E-state index >= 15 is 0 Å². The van der Waals surface area contributed by atoms with E-state index in [2.05, 4.69) is 25.8 Å². The molecule has 25 heavy (non-hydrogen) atoms. The average molecular weight is 374 g/mol.